The van der Waals surface area contributed by atoms with E-state index in [9.17, 15) is 9.35 Å². The van der Waals surface area contributed by atoms with E-state index in [1.165, 1.54) is 5.56 Å². The molecule has 0 aromatic carbocycles. The van der Waals surface area contributed by atoms with Crippen LogP contribution >= 0.6 is 0 Å². The van der Waals surface area contributed by atoms with Crippen molar-refractivity contribution in [1.29, 1.82) is 0 Å². The molecule has 28 heavy (non-hydrogen) atoms. The Morgan fingerprint density at radius 3 is 2.50 bits per heavy atom. The van der Waals surface area contributed by atoms with Crippen molar-refractivity contribution in [2.75, 3.05) is 13.1 Å². The number of aromatic nitrogens is 1. The monoisotopic (exact) mass is 407 g/mol. The van der Waals surface area contributed by atoms with Gasteiger partial charge in [-0.1, -0.05) is 6.07 Å². The summed E-state index contributed by atoms with van der Waals surface area (Å²) in [5.74, 6) is 0. The van der Waals surface area contributed by atoms with Gasteiger partial charge in [0, 0.05) is 36.1 Å². The minimum absolute atomic E-state index is 0.0539. The van der Waals surface area contributed by atoms with Crippen molar-refractivity contribution in [3.63, 3.8) is 0 Å². The van der Waals surface area contributed by atoms with Crippen molar-refractivity contribution in [1.82, 2.24) is 14.6 Å². The lowest BCUT2D eigenvalue weighted by molar-refractivity contribution is 0.0149. The fourth-order valence-corrected chi connectivity index (χ4v) is 5.01. The minimum atomic E-state index is -1.16. The Bertz CT molecular complexity index is 718. The van der Waals surface area contributed by atoms with Gasteiger partial charge in [0.15, 0.2) is 0 Å². The van der Waals surface area contributed by atoms with E-state index in [1.807, 2.05) is 53.8 Å². The molecule has 1 fully saturated rings. The molecule has 1 saturated heterocycles. The van der Waals surface area contributed by atoms with Crippen LogP contribution in [0.2, 0.25) is 0 Å². The van der Waals surface area contributed by atoms with E-state index in [4.69, 9.17) is 9.72 Å². The second-order valence-electron chi connectivity index (χ2n) is 9.89. The molecule has 6 nitrogen and oxygen atoms in total. The highest BCUT2D eigenvalue weighted by Gasteiger charge is 2.52. The van der Waals surface area contributed by atoms with Gasteiger partial charge in [-0.15, -0.1) is 4.72 Å². The molecular weight excluding hydrogens is 374 g/mol. The smallest absolute Gasteiger partial charge is 0.410 e. The maximum absolute atomic E-state index is 12.8. The lowest BCUT2D eigenvalue weighted by Gasteiger charge is -2.43. The normalized spacial score (nSPS) is 22.8. The number of fused-ring (bicyclic) bond motifs is 2. The van der Waals surface area contributed by atoms with E-state index in [-0.39, 0.29) is 22.3 Å². The van der Waals surface area contributed by atoms with Crippen LogP contribution in [0.3, 0.4) is 0 Å². The van der Waals surface area contributed by atoms with Gasteiger partial charge < -0.3 is 14.2 Å². The SMILES string of the molecule is CC(C)(C)OC(=O)N1CCC2(CC1)c1ncccc1C[C@H]2N[S@@+]([O-])C(C)(C)C. The zero-order valence-electron chi connectivity index (χ0n) is 17.9. The van der Waals surface area contributed by atoms with Crippen LogP contribution in [0.25, 0.3) is 0 Å². The zero-order valence-corrected chi connectivity index (χ0v) is 18.7. The largest absolute Gasteiger partial charge is 0.598 e. The molecule has 2 aliphatic rings. The summed E-state index contributed by atoms with van der Waals surface area (Å²) in [5, 5.41) is 0. The number of likely N-dealkylation sites (tertiary alicyclic amines) is 1. The number of carbonyl (C=O) groups is 1. The molecule has 1 spiro atoms. The van der Waals surface area contributed by atoms with E-state index in [1.54, 1.807) is 4.90 Å². The molecule has 0 radical (unpaired) electrons. The number of ether oxygens (including phenoxy) is 1. The molecule has 1 aliphatic heterocycles. The van der Waals surface area contributed by atoms with Gasteiger partial charge >= 0.3 is 6.09 Å². The van der Waals surface area contributed by atoms with Crippen LogP contribution in [0.4, 0.5) is 4.79 Å². The quantitative estimate of drug-likeness (QED) is 0.761. The molecule has 1 aliphatic carbocycles. The fraction of sp³-hybridized carbons (Fsp3) is 0.714. The third-order valence-corrected chi connectivity index (χ3v) is 7.18. The number of piperidine rings is 1. The summed E-state index contributed by atoms with van der Waals surface area (Å²) < 4.78 is 21.4. The summed E-state index contributed by atoms with van der Waals surface area (Å²) in [4.78, 5) is 19.0. The third-order valence-electron chi connectivity index (χ3n) is 5.57. The molecule has 2 atom stereocenters. The highest BCUT2D eigenvalue weighted by molar-refractivity contribution is 7.90. The molecule has 1 aromatic heterocycles. The first-order valence-corrected chi connectivity index (χ1v) is 11.2. The summed E-state index contributed by atoms with van der Waals surface area (Å²) in [6.07, 6.45) is 3.97. The second-order valence-corrected chi connectivity index (χ2v) is 11.9. The first-order valence-electron chi connectivity index (χ1n) is 10.0. The zero-order chi connectivity index (χ0) is 20.7. The molecule has 0 saturated carbocycles. The number of rotatable bonds is 2. The molecule has 1 N–H and O–H groups in total. The predicted molar refractivity (Wildman–Crippen MR) is 111 cm³/mol. The average molecular weight is 408 g/mol. The van der Waals surface area contributed by atoms with Crippen molar-refractivity contribution >= 4 is 17.5 Å². The van der Waals surface area contributed by atoms with Gasteiger partial charge in [0.1, 0.15) is 10.3 Å². The van der Waals surface area contributed by atoms with E-state index >= 15 is 0 Å². The summed E-state index contributed by atoms with van der Waals surface area (Å²) in [7, 11) is 0. The third kappa shape index (κ3) is 4.31. The lowest BCUT2D eigenvalue weighted by atomic mass is 9.73. The first-order chi connectivity index (χ1) is 12.9. The molecule has 1 amide bonds. The number of nitrogens with one attached hydrogen (secondary N) is 1. The molecule has 0 unspecified atom stereocenters. The van der Waals surface area contributed by atoms with Crippen molar-refractivity contribution in [2.24, 2.45) is 0 Å². The molecule has 156 valence electrons. The summed E-state index contributed by atoms with van der Waals surface area (Å²) >= 11 is -1.16. The van der Waals surface area contributed by atoms with E-state index in [0.29, 0.717) is 13.1 Å². The van der Waals surface area contributed by atoms with Crippen molar-refractivity contribution in [3.05, 3.63) is 29.6 Å². The van der Waals surface area contributed by atoms with E-state index in [0.717, 1.165) is 25.0 Å². The predicted octanol–water partition coefficient (Wildman–Crippen LogP) is 3.33. The van der Waals surface area contributed by atoms with Crippen LogP contribution in [0.15, 0.2) is 18.3 Å². The van der Waals surface area contributed by atoms with Crippen LogP contribution in [-0.4, -0.2) is 50.0 Å². The Hall–Kier alpha value is -1.31. The maximum Gasteiger partial charge on any atom is 0.410 e. The molecule has 1 aromatic rings. The van der Waals surface area contributed by atoms with Gasteiger partial charge in [0.2, 0.25) is 0 Å². The number of hydrogen-bond donors (Lipinski definition) is 1. The highest BCUT2D eigenvalue weighted by atomic mass is 32.2. The van der Waals surface area contributed by atoms with Gasteiger partial charge in [-0.2, -0.15) is 0 Å². The first kappa shape index (κ1) is 21.4. The molecule has 3 rings (SSSR count). The van der Waals surface area contributed by atoms with Crippen LogP contribution in [0, 0.1) is 0 Å². The molecule has 0 bridgehead atoms. The summed E-state index contributed by atoms with van der Waals surface area (Å²) in [5.41, 5.74) is 1.62. The van der Waals surface area contributed by atoms with Crippen molar-refractivity contribution in [2.45, 2.75) is 82.6 Å². The number of nitrogens with zero attached hydrogens (tertiary/aromatic N) is 2. The maximum atomic E-state index is 12.8. The van der Waals surface area contributed by atoms with Crippen LogP contribution in [-0.2, 0) is 27.9 Å². The molecule has 7 heteroatoms. The Labute approximate surface area is 171 Å². The van der Waals surface area contributed by atoms with Gasteiger partial charge in [0.05, 0.1) is 11.7 Å². The van der Waals surface area contributed by atoms with E-state index < -0.39 is 17.0 Å². The van der Waals surface area contributed by atoms with Gasteiger partial charge in [-0.3, -0.25) is 4.98 Å². The van der Waals surface area contributed by atoms with Crippen molar-refractivity contribution < 1.29 is 14.1 Å². The number of carbonyl (C=O) groups excluding carboxylic acids is 1. The van der Waals surface area contributed by atoms with Crippen molar-refractivity contribution in [3.8, 4) is 0 Å². The van der Waals surface area contributed by atoms with Crippen LogP contribution < -0.4 is 4.72 Å². The minimum Gasteiger partial charge on any atom is -0.598 e. The van der Waals surface area contributed by atoms with Gasteiger partial charge in [0.25, 0.3) is 0 Å². The van der Waals surface area contributed by atoms with Gasteiger partial charge in [-0.05, 0) is 72.4 Å². The molecular formula is C21H33N3O3S. The standard InChI is InChI=1S/C21H33N3O3S/c1-19(2,3)27-18(25)24-12-9-21(10-13-24)16(23-28(26)20(4,5)6)14-15-8-7-11-22-17(15)21/h7-8,11,16,23H,9-10,12-14H2,1-6H3/t16-,28+/m1/s1. The lowest BCUT2D eigenvalue weighted by Crippen LogP contribution is -2.57. The van der Waals surface area contributed by atoms with E-state index in [2.05, 4.69) is 10.8 Å². The summed E-state index contributed by atoms with van der Waals surface area (Å²) in [6.45, 7) is 12.8. The number of hydrogen-bond acceptors (Lipinski definition) is 5. The second kappa shape index (κ2) is 7.50. The average Bonchev–Trinajstić information content (AvgIpc) is 2.87. The topological polar surface area (TPSA) is 77.5 Å². The number of amides is 1. The summed E-state index contributed by atoms with van der Waals surface area (Å²) in [6, 6.07) is 4.13. The van der Waals surface area contributed by atoms with Gasteiger partial charge in [-0.25, -0.2) is 4.79 Å². The van der Waals surface area contributed by atoms with Crippen LogP contribution in [0.5, 0.6) is 0 Å². The Balaban J connectivity index is 1.80. The highest BCUT2D eigenvalue weighted by Crippen LogP contribution is 2.46. The van der Waals surface area contributed by atoms with Crippen LogP contribution in [0.1, 0.15) is 65.6 Å². The molecule has 2 heterocycles. The Kier molecular flexibility index (Phi) is 5.73. The Morgan fingerprint density at radius 2 is 1.93 bits per heavy atom. The Morgan fingerprint density at radius 1 is 1.29 bits per heavy atom. The fourth-order valence-electron chi connectivity index (χ4n) is 4.09. The number of pyridine rings is 1.